The van der Waals surface area contributed by atoms with Gasteiger partial charge >= 0.3 is 6.03 Å². The van der Waals surface area contributed by atoms with Gasteiger partial charge in [0.05, 0.1) is 0 Å². The van der Waals surface area contributed by atoms with Crippen molar-refractivity contribution in [1.82, 2.24) is 15.5 Å². The number of aliphatic hydroxyl groups excluding tert-OH is 1. The lowest BCUT2D eigenvalue weighted by atomic mass is 10.1. The molecule has 0 radical (unpaired) electrons. The van der Waals surface area contributed by atoms with Crippen LogP contribution >= 0.6 is 11.3 Å². The van der Waals surface area contributed by atoms with Gasteiger partial charge in [-0.1, -0.05) is 48.6 Å². The SMILES string of the molecule is CC(CO)C(C)NC(=O)Nc1nnc(-c2ccccc2)s1. The number of anilines is 1. The van der Waals surface area contributed by atoms with Crippen molar-refractivity contribution in [3.05, 3.63) is 30.3 Å². The summed E-state index contributed by atoms with van der Waals surface area (Å²) in [6.45, 7) is 3.73. The highest BCUT2D eigenvalue weighted by Gasteiger charge is 2.15. The maximum absolute atomic E-state index is 11.8. The number of carbonyl (C=O) groups is 1. The molecule has 0 saturated heterocycles. The van der Waals surface area contributed by atoms with E-state index in [4.69, 9.17) is 5.11 Å². The molecular formula is C14H18N4O2S. The third kappa shape index (κ3) is 4.24. The minimum atomic E-state index is -0.349. The van der Waals surface area contributed by atoms with Crippen LogP contribution in [0.3, 0.4) is 0 Å². The Labute approximate surface area is 127 Å². The molecule has 6 nitrogen and oxygen atoms in total. The van der Waals surface area contributed by atoms with Crippen molar-refractivity contribution in [2.45, 2.75) is 19.9 Å². The molecule has 0 aliphatic carbocycles. The molecule has 2 amide bonds. The van der Waals surface area contributed by atoms with Crippen LogP contribution in [0.1, 0.15) is 13.8 Å². The first-order valence-electron chi connectivity index (χ1n) is 6.67. The van der Waals surface area contributed by atoms with E-state index in [-0.39, 0.29) is 24.6 Å². The monoisotopic (exact) mass is 306 g/mol. The van der Waals surface area contributed by atoms with Gasteiger partial charge in [0.2, 0.25) is 5.13 Å². The summed E-state index contributed by atoms with van der Waals surface area (Å²) in [5.74, 6) is -0.00921. The summed E-state index contributed by atoms with van der Waals surface area (Å²) in [6.07, 6.45) is 0. The van der Waals surface area contributed by atoms with Crippen LogP contribution < -0.4 is 10.6 Å². The van der Waals surface area contributed by atoms with Crippen LogP contribution in [-0.2, 0) is 0 Å². The van der Waals surface area contributed by atoms with E-state index < -0.39 is 0 Å². The molecule has 2 rings (SSSR count). The second kappa shape index (κ2) is 7.14. The summed E-state index contributed by atoms with van der Waals surface area (Å²) in [4.78, 5) is 11.8. The number of hydrogen-bond acceptors (Lipinski definition) is 5. The molecule has 0 aliphatic heterocycles. The highest BCUT2D eigenvalue weighted by atomic mass is 32.1. The van der Waals surface area contributed by atoms with E-state index in [2.05, 4.69) is 20.8 Å². The van der Waals surface area contributed by atoms with E-state index in [1.54, 1.807) is 0 Å². The number of aliphatic hydroxyl groups is 1. The summed E-state index contributed by atoms with van der Waals surface area (Å²) in [6, 6.07) is 9.18. The van der Waals surface area contributed by atoms with Crippen LogP contribution in [0.4, 0.5) is 9.93 Å². The van der Waals surface area contributed by atoms with Gasteiger partial charge in [-0.05, 0) is 12.8 Å². The van der Waals surface area contributed by atoms with Crippen LogP contribution in [0.5, 0.6) is 0 Å². The fourth-order valence-corrected chi connectivity index (χ4v) is 2.36. The summed E-state index contributed by atoms with van der Waals surface area (Å²) in [5, 5.41) is 23.7. The molecule has 112 valence electrons. The first-order chi connectivity index (χ1) is 10.1. The quantitative estimate of drug-likeness (QED) is 0.791. The van der Waals surface area contributed by atoms with Crippen molar-refractivity contribution >= 4 is 22.5 Å². The Kier molecular flexibility index (Phi) is 5.24. The van der Waals surface area contributed by atoms with E-state index >= 15 is 0 Å². The molecule has 2 atom stereocenters. The molecule has 21 heavy (non-hydrogen) atoms. The first-order valence-corrected chi connectivity index (χ1v) is 7.49. The largest absolute Gasteiger partial charge is 0.396 e. The van der Waals surface area contributed by atoms with Gasteiger partial charge < -0.3 is 10.4 Å². The topological polar surface area (TPSA) is 87.1 Å². The number of carbonyl (C=O) groups excluding carboxylic acids is 1. The van der Waals surface area contributed by atoms with E-state index in [9.17, 15) is 4.79 Å². The summed E-state index contributed by atoms with van der Waals surface area (Å²) < 4.78 is 0. The molecule has 1 aromatic heterocycles. The predicted molar refractivity (Wildman–Crippen MR) is 83.2 cm³/mol. The second-order valence-corrected chi connectivity index (χ2v) is 5.80. The lowest BCUT2D eigenvalue weighted by molar-refractivity contribution is 0.204. The standard InChI is InChI=1S/C14H18N4O2S/c1-9(8-19)10(2)15-13(20)16-14-18-17-12(21-14)11-6-4-3-5-7-11/h3-7,9-10,19H,8H2,1-2H3,(H2,15,16,18,20). The van der Waals surface area contributed by atoms with E-state index in [0.29, 0.717) is 5.13 Å². The Balaban J connectivity index is 1.95. The number of aromatic nitrogens is 2. The molecule has 1 heterocycles. The van der Waals surface area contributed by atoms with Crippen LogP contribution in [0.15, 0.2) is 30.3 Å². The van der Waals surface area contributed by atoms with Gasteiger partial charge in [0.1, 0.15) is 5.01 Å². The van der Waals surface area contributed by atoms with Crippen molar-refractivity contribution in [1.29, 1.82) is 0 Å². The van der Waals surface area contributed by atoms with Crippen LogP contribution in [-0.4, -0.2) is 34.0 Å². The average molecular weight is 306 g/mol. The molecule has 0 fully saturated rings. The highest BCUT2D eigenvalue weighted by molar-refractivity contribution is 7.18. The van der Waals surface area contributed by atoms with Gasteiger partial charge in [0.25, 0.3) is 0 Å². The maximum atomic E-state index is 11.8. The molecule has 2 aromatic rings. The third-order valence-corrected chi connectivity index (χ3v) is 4.05. The lowest BCUT2D eigenvalue weighted by Crippen LogP contribution is -2.40. The van der Waals surface area contributed by atoms with Gasteiger partial charge in [-0.25, -0.2) is 4.79 Å². The Bertz CT molecular complexity index is 588. The fourth-order valence-electron chi connectivity index (χ4n) is 1.61. The summed E-state index contributed by atoms with van der Waals surface area (Å²) in [7, 11) is 0. The molecule has 2 unspecified atom stereocenters. The number of hydrogen-bond donors (Lipinski definition) is 3. The molecule has 0 spiro atoms. The Morgan fingerprint density at radius 1 is 1.29 bits per heavy atom. The Morgan fingerprint density at radius 2 is 2.00 bits per heavy atom. The van der Waals surface area contributed by atoms with Crippen molar-refractivity contribution in [2.24, 2.45) is 5.92 Å². The van der Waals surface area contributed by atoms with Crippen molar-refractivity contribution in [2.75, 3.05) is 11.9 Å². The lowest BCUT2D eigenvalue weighted by Gasteiger charge is -2.18. The smallest absolute Gasteiger partial charge is 0.321 e. The fraction of sp³-hybridized carbons (Fsp3) is 0.357. The normalized spacial score (nSPS) is 13.5. The zero-order valence-electron chi connectivity index (χ0n) is 11.9. The highest BCUT2D eigenvalue weighted by Crippen LogP contribution is 2.25. The number of benzene rings is 1. The molecule has 0 aliphatic rings. The van der Waals surface area contributed by atoms with Gasteiger partial charge in [-0.15, -0.1) is 10.2 Å². The first kappa shape index (κ1) is 15.4. The van der Waals surface area contributed by atoms with Crippen molar-refractivity contribution in [3.8, 4) is 10.6 Å². The van der Waals surface area contributed by atoms with Gasteiger partial charge in [-0.3, -0.25) is 5.32 Å². The van der Waals surface area contributed by atoms with Gasteiger partial charge in [-0.2, -0.15) is 0 Å². The van der Waals surface area contributed by atoms with Crippen LogP contribution in [0.25, 0.3) is 10.6 Å². The number of rotatable bonds is 5. The van der Waals surface area contributed by atoms with Crippen LogP contribution in [0.2, 0.25) is 0 Å². The van der Waals surface area contributed by atoms with E-state index in [0.717, 1.165) is 10.6 Å². The van der Waals surface area contributed by atoms with Gasteiger partial charge in [0, 0.05) is 18.2 Å². The minimum absolute atomic E-state index is 0.00921. The zero-order chi connectivity index (χ0) is 15.2. The van der Waals surface area contributed by atoms with Gasteiger partial charge in [0.15, 0.2) is 0 Å². The second-order valence-electron chi connectivity index (χ2n) is 4.83. The molecule has 0 saturated carbocycles. The van der Waals surface area contributed by atoms with E-state index in [1.165, 1.54) is 11.3 Å². The number of urea groups is 1. The number of nitrogens with one attached hydrogen (secondary N) is 2. The van der Waals surface area contributed by atoms with E-state index in [1.807, 2.05) is 44.2 Å². The van der Waals surface area contributed by atoms with Crippen molar-refractivity contribution < 1.29 is 9.90 Å². The summed E-state index contributed by atoms with van der Waals surface area (Å²) in [5.41, 5.74) is 0.964. The minimum Gasteiger partial charge on any atom is -0.396 e. The molecule has 1 aromatic carbocycles. The Hall–Kier alpha value is -1.99. The third-order valence-electron chi connectivity index (χ3n) is 3.17. The molecular weight excluding hydrogens is 288 g/mol. The molecule has 3 N–H and O–H groups in total. The number of amides is 2. The molecule has 7 heteroatoms. The maximum Gasteiger partial charge on any atom is 0.321 e. The Morgan fingerprint density at radius 3 is 2.67 bits per heavy atom. The average Bonchev–Trinajstić information content (AvgIpc) is 2.95. The summed E-state index contributed by atoms with van der Waals surface area (Å²) >= 11 is 1.31. The molecule has 0 bridgehead atoms. The predicted octanol–water partition coefficient (Wildman–Crippen LogP) is 2.34. The van der Waals surface area contributed by atoms with Crippen LogP contribution in [0, 0.1) is 5.92 Å². The number of nitrogens with zero attached hydrogens (tertiary/aromatic N) is 2. The zero-order valence-corrected chi connectivity index (χ0v) is 12.7. The van der Waals surface area contributed by atoms with Crippen molar-refractivity contribution in [3.63, 3.8) is 0 Å².